The van der Waals surface area contributed by atoms with Gasteiger partial charge in [-0.2, -0.15) is 0 Å². The summed E-state index contributed by atoms with van der Waals surface area (Å²) in [5.74, 6) is 0. The average Bonchev–Trinajstić information content (AvgIpc) is 2.85. The van der Waals surface area contributed by atoms with E-state index in [4.69, 9.17) is 15.2 Å². The van der Waals surface area contributed by atoms with Gasteiger partial charge in [-0.3, -0.25) is 4.90 Å². The minimum absolute atomic E-state index is 0.240. The van der Waals surface area contributed by atoms with Gasteiger partial charge in [0.05, 0.1) is 5.54 Å². The molecule has 1 aliphatic rings. The minimum Gasteiger partial charge on any atom is -0.354 e. The third kappa shape index (κ3) is 2.72. The Morgan fingerprint density at radius 2 is 1.83 bits per heavy atom. The third-order valence-corrected chi connectivity index (χ3v) is 5.01. The first-order valence-corrected chi connectivity index (χ1v) is 7.02. The van der Waals surface area contributed by atoms with Gasteiger partial charge in [0, 0.05) is 27.3 Å². The molecule has 0 aromatic heterocycles. The molecule has 4 heteroatoms. The zero-order chi connectivity index (χ0) is 13.8. The maximum absolute atomic E-state index is 6.01. The lowest BCUT2D eigenvalue weighted by Crippen LogP contribution is -2.60. The molecule has 1 aliphatic heterocycles. The Morgan fingerprint density at radius 3 is 2.17 bits per heavy atom. The summed E-state index contributed by atoms with van der Waals surface area (Å²) >= 11 is 0. The molecule has 0 aromatic rings. The molecule has 0 amide bonds. The van der Waals surface area contributed by atoms with Crippen LogP contribution in [0.1, 0.15) is 40.0 Å². The highest BCUT2D eigenvalue weighted by Gasteiger charge is 2.46. The van der Waals surface area contributed by atoms with Gasteiger partial charge >= 0.3 is 0 Å². The summed E-state index contributed by atoms with van der Waals surface area (Å²) in [5, 5.41) is 0. The van der Waals surface area contributed by atoms with Gasteiger partial charge in [0.25, 0.3) is 0 Å². The molecule has 1 heterocycles. The Morgan fingerprint density at radius 1 is 1.28 bits per heavy atom. The summed E-state index contributed by atoms with van der Waals surface area (Å²) in [6.45, 7) is 9.44. The van der Waals surface area contributed by atoms with Gasteiger partial charge in [-0.15, -0.1) is 0 Å². The van der Waals surface area contributed by atoms with Crippen LogP contribution in [-0.2, 0) is 9.47 Å². The molecule has 1 saturated heterocycles. The van der Waals surface area contributed by atoms with Crippen LogP contribution in [0.15, 0.2) is 0 Å². The molecule has 2 N–H and O–H groups in total. The third-order valence-electron chi connectivity index (χ3n) is 5.01. The van der Waals surface area contributed by atoms with Crippen LogP contribution in [0, 0.1) is 5.41 Å². The molecule has 0 spiro atoms. The Labute approximate surface area is 112 Å². The van der Waals surface area contributed by atoms with Crippen LogP contribution < -0.4 is 5.73 Å². The van der Waals surface area contributed by atoms with Crippen molar-refractivity contribution in [3.05, 3.63) is 0 Å². The van der Waals surface area contributed by atoms with E-state index < -0.39 is 0 Å². The van der Waals surface area contributed by atoms with Crippen molar-refractivity contribution >= 4 is 0 Å². The van der Waals surface area contributed by atoms with E-state index in [9.17, 15) is 0 Å². The molecule has 18 heavy (non-hydrogen) atoms. The topological polar surface area (TPSA) is 47.7 Å². The summed E-state index contributed by atoms with van der Waals surface area (Å²) in [6.07, 6.45) is 3.43. The lowest BCUT2D eigenvalue weighted by atomic mass is 9.81. The number of likely N-dealkylation sites (tertiary alicyclic amines) is 1. The number of ether oxygens (including phenoxy) is 2. The zero-order valence-corrected chi connectivity index (χ0v) is 12.7. The first-order chi connectivity index (χ1) is 8.51. The molecular formula is C14H30N2O2. The van der Waals surface area contributed by atoms with Gasteiger partial charge in [-0.25, -0.2) is 0 Å². The lowest BCUT2D eigenvalue weighted by Gasteiger charge is -2.43. The van der Waals surface area contributed by atoms with E-state index in [1.54, 1.807) is 14.2 Å². The monoisotopic (exact) mass is 258 g/mol. The van der Waals surface area contributed by atoms with Crippen LogP contribution in [0.5, 0.6) is 0 Å². The van der Waals surface area contributed by atoms with E-state index in [1.807, 2.05) is 0 Å². The fourth-order valence-corrected chi connectivity index (χ4v) is 3.18. The highest BCUT2D eigenvalue weighted by Crippen LogP contribution is 2.40. The number of nitrogens with zero attached hydrogens (tertiary/aromatic N) is 1. The molecule has 1 rings (SSSR count). The van der Waals surface area contributed by atoms with Crippen molar-refractivity contribution in [3.8, 4) is 0 Å². The normalized spacial score (nSPS) is 23.5. The van der Waals surface area contributed by atoms with E-state index in [-0.39, 0.29) is 11.8 Å². The van der Waals surface area contributed by atoms with Crippen molar-refractivity contribution in [1.29, 1.82) is 0 Å². The molecule has 0 radical (unpaired) electrons. The fourth-order valence-electron chi connectivity index (χ4n) is 3.18. The Kier molecular flexibility index (Phi) is 5.59. The van der Waals surface area contributed by atoms with Crippen LogP contribution in [-0.4, -0.2) is 50.6 Å². The molecule has 1 atom stereocenters. The minimum atomic E-state index is -0.271. The van der Waals surface area contributed by atoms with Crippen LogP contribution in [0.4, 0.5) is 0 Å². The number of nitrogens with two attached hydrogens (primary N) is 1. The Hall–Kier alpha value is -0.160. The quantitative estimate of drug-likeness (QED) is 0.708. The molecule has 4 nitrogen and oxygen atoms in total. The molecular weight excluding hydrogens is 228 g/mol. The van der Waals surface area contributed by atoms with E-state index in [1.165, 1.54) is 19.3 Å². The second-order valence-electron chi connectivity index (χ2n) is 5.74. The van der Waals surface area contributed by atoms with E-state index in [0.29, 0.717) is 12.0 Å². The van der Waals surface area contributed by atoms with Crippen LogP contribution in [0.2, 0.25) is 0 Å². The van der Waals surface area contributed by atoms with Gasteiger partial charge in [0.15, 0.2) is 6.29 Å². The van der Waals surface area contributed by atoms with Crippen molar-refractivity contribution in [2.24, 2.45) is 11.1 Å². The number of hydrogen-bond donors (Lipinski definition) is 1. The summed E-state index contributed by atoms with van der Waals surface area (Å²) in [6, 6.07) is 0. The summed E-state index contributed by atoms with van der Waals surface area (Å²) < 4.78 is 10.9. The molecule has 1 fully saturated rings. The number of rotatable bonds is 7. The number of hydrogen-bond acceptors (Lipinski definition) is 4. The van der Waals surface area contributed by atoms with Crippen molar-refractivity contribution in [2.45, 2.75) is 51.9 Å². The second-order valence-corrected chi connectivity index (χ2v) is 5.74. The first kappa shape index (κ1) is 15.9. The van der Waals surface area contributed by atoms with Gasteiger partial charge in [0.1, 0.15) is 0 Å². The van der Waals surface area contributed by atoms with Crippen molar-refractivity contribution in [2.75, 3.05) is 33.9 Å². The highest BCUT2D eigenvalue weighted by atomic mass is 16.7. The maximum atomic E-state index is 6.01. The highest BCUT2D eigenvalue weighted by molar-refractivity contribution is 4.99. The SMILES string of the molecule is CCC1(CC)CCN(C(C)(CN)C(OC)OC)C1. The second kappa shape index (κ2) is 6.33. The summed E-state index contributed by atoms with van der Waals surface area (Å²) in [5.41, 5.74) is 6.22. The van der Waals surface area contributed by atoms with Gasteiger partial charge < -0.3 is 15.2 Å². The fraction of sp³-hybridized carbons (Fsp3) is 1.00. The molecule has 1 unspecified atom stereocenters. The van der Waals surface area contributed by atoms with Gasteiger partial charge in [0.2, 0.25) is 0 Å². The van der Waals surface area contributed by atoms with Crippen LogP contribution >= 0.6 is 0 Å². The largest absolute Gasteiger partial charge is 0.354 e. The smallest absolute Gasteiger partial charge is 0.176 e. The predicted octanol–water partition coefficient (Wildman–Crippen LogP) is 1.83. The molecule has 0 saturated carbocycles. The van der Waals surface area contributed by atoms with E-state index in [0.717, 1.165) is 13.1 Å². The van der Waals surface area contributed by atoms with Crippen molar-refractivity contribution in [3.63, 3.8) is 0 Å². The molecule has 0 bridgehead atoms. The van der Waals surface area contributed by atoms with Crippen LogP contribution in [0.3, 0.4) is 0 Å². The summed E-state index contributed by atoms with van der Waals surface area (Å²) in [7, 11) is 3.37. The zero-order valence-electron chi connectivity index (χ0n) is 12.7. The molecule has 108 valence electrons. The van der Waals surface area contributed by atoms with Crippen molar-refractivity contribution in [1.82, 2.24) is 4.90 Å². The van der Waals surface area contributed by atoms with E-state index in [2.05, 4.69) is 25.7 Å². The first-order valence-electron chi connectivity index (χ1n) is 7.02. The predicted molar refractivity (Wildman–Crippen MR) is 74.5 cm³/mol. The van der Waals surface area contributed by atoms with Gasteiger partial charge in [-0.1, -0.05) is 13.8 Å². The lowest BCUT2D eigenvalue weighted by molar-refractivity contribution is -0.179. The van der Waals surface area contributed by atoms with Crippen LogP contribution in [0.25, 0.3) is 0 Å². The Bertz CT molecular complexity index is 252. The average molecular weight is 258 g/mol. The summed E-state index contributed by atoms with van der Waals surface area (Å²) in [4.78, 5) is 2.46. The Balaban J connectivity index is 2.85. The van der Waals surface area contributed by atoms with Gasteiger partial charge in [-0.05, 0) is 38.1 Å². The maximum Gasteiger partial charge on any atom is 0.176 e. The standard InChI is InChI=1S/C14H30N2O2/c1-6-14(7-2)8-9-16(11-14)13(3,10-15)12(17-4)18-5/h12H,6-11,15H2,1-5H3. The molecule has 0 aliphatic carbocycles. The molecule has 0 aromatic carbocycles. The van der Waals surface area contributed by atoms with Crippen molar-refractivity contribution < 1.29 is 9.47 Å². The number of methoxy groups -OCH3 is 2. The van der Waals surface area contributed by atoms with E-state index >= 15 is 0 Å².